The van der Waals surface area contributed by atoms with E-state index >= 15 is 0 Å². The number of rotatable bonds is 5. The van der Waals surface area contributed by atoms with Crippen LogP contribution in [-0.4, -0.2) is 42.7 Å². The smallest absolute Gasteiger partial charge is 0.356 e. The number of para-hydroxylation sites is 1. The van der Waals surface area contributed by atoms with Gasteiger partial charge >= 0.3 is 5.97 Å². The van der Waals surface area contributed by atoms with Crippen molar-refractivity contribution in [1.29, 1.82) is 0 Å². The molecule has 0 saturated carbocycles. The third-order valence-electron chi connectivity index (χ3n) is 4.65. The Morgan fingerprint density at radius 1 is 1.22 bits per heavy atom. The minimum atomic E-state index is -0.444. The molecule has 0 unspecified atom stereocenters. The van der Waals surface area contributed by atoms with Crippen molar-refractivity contribution in [2.75, 3.05) is 31.7 Å². The summed E-state index contributed by atoms with van der Waals surface area (Å²) in [6.45, 7) is 10.7. The molecule has 0 N–H and O–H groups in total. The summed E-state index contributed by atoms with van der Waals surface area (Å²) in [5, 5.41) is 0. The maximum atomic E-state index is 11.7. The zero-order chi connectivity index (χ0) is 19.6. The average Bonchev–Trinajstić information content (AvgIpc) is 2.58. The van der Waals surface area contributed by atoms with Crippen molar-refractivity contribution in [3.8, 4) is 5.75 Å². The Morgan fingerprint density at radius 3 is 2.59 bits per heavy atom. The number of ether oxygens (including phenoxy) is 2. The second kappa shape index (κ2) is 7.55. The number of aromatic nitrogens is 2. The first kappa shape index (κ1) is 19.1. The van der Waals surface area contributed by atoms with Gasteiger partial charge in [-0.1, -0.05) is 39.0 Å². The lowest BCUT2D eigenvalue weighted by Crippen LogP contribution is -2.50. The molecule has 0 radical (unpaired) electrons. The van der Waals surface area contributed by atoms with Crippen molar-refractivity contribution < 1.29 is 14.3 Å². The van der Waals surface area contributed by atoms with Crippen LogP contribution in [0.2, 0.25) is 0 Å². The highest BCUT2D eigenvalue weighted by molar-refractivity contribution is 5.87. The first-order valence-corrected chi connectivity index (χ1v) is 9.19. The molecule has 0 atom stereocenters. The van der Waals surface area contributed by atoms with E-state index in [0.29, 0.717) is 24.2 Å². The summed E-state index contributed by atoms with van der Waals surface area (Å²) >= 11 is 0. The van der Waals surface area contributed by atoms with Gasteiger partial charge < -0.3 is 14.4 Å². The van der Waals surface area contributed by atoms with E-state index in [-0.39, 0.29) is 5.41 Å². The number of hydrogen-bond acceptors (Lipinski definition) is 6. The summed E-state index contributed by atoms with van der Waals surface area (Å²) in [6.07, 6.45) is 0. The van der Waals surface area contributed by atoms with Gasteiger partial charge in [-0.3, -0.25) is 0 Å². The van der Waals surface area contributed by atoms with Crippen molar-refractivity contribution in [3.63, 3.8) is 0 Å². The molecule has 3 rings (SSSR count). The van der Waals surface area contributed by atoms with Gasteiger partial charge in [0, 0.05) is 24.7 Å². The van der Waals surface area contributed by atoms with E-state index in [0.717, 1.165) is 24.5 Å². The molecule has 0 aliphatic carbocycles. The number of hydrogen-bond donors (Lipinski definition) is 0. The normalized spacial score (nSPS) is 14.6. The molecule has 6 nitrogen and oxygen atoms in total. The third kappa shape index (κ3) is 4.38. The van der Waals surface area contributed by atoms with Gasteiger partial charge in [0.05, 0.1) is 13.7 Å². The van der Waals surface area contributed by atoms with Crippen LogP contribution in [0.5, 0.6) is 5.75 Å². The van der Waals surface area contributed by atoms with Gasteiger partial charge in [-0.15, -0.1) is 0 Å². The van der Waals surface area contributed by atoms with Crippen molar-refractivity contribution in [3.05, 3.63) is 47.3 Å². The van der Waals surface area contributed by atoms with Crippen LogP contribution in [-0.2, 0) is 10.2 Å². The fraction of sp³-hybridized carbons (Fsp3) is 0.476. The van der Waals surface area contributed by atoms with Crippen molar-refractivity contribution in [1.82, 2.24) is 9.97 Å². The van der Waals surface area contributed by atoms with E-state index in [2.05, 4.69) is 41.7 Å². The number of benzene rings is 1. The highest BCUT2D eigenvalue weighted by Gasteiger charge is 2.30. The first-order valence-electron chi connectivity index (χ1n) is 9.19. The molecule has 2 heterocycles. The van der Waals surface area contributed by atoms with Gasteiger partial charge in [0.1, 0.15) is 5.75 Å². The van der Waals surface area contributed by atoms with Crippen LogP contribution in [0, 0.1) is 12.8 Å². The molecule has 1 saturated heterocycles. The summed E-state index contributed by atoms with van der Waals surface area (Å²) in [4.78, 5) is 22.6. The summed E-state index contributed by atoms with van der Waals surface area (Å²) < 4.78 is 10.9. The van der Waals surface area contributed by atoms with Crippen LogP contribution in [0.3, 0.4) is 0 Å². The molecule has 1 aliphatic heterocycles. The third-order valence-corrected chi connectivity index (χ3v) is 4.65. The van der Waals surface area contributed by atoms with Gasteiger partial charge in [-0.25, -0.2) is 14.8 Å². The second-order valence-electron chi connectivity index (χ2n) is 8.01. The van der Waals surface area contributed by atoms with Crippen LogP contribution in [0.15, 0.2) is 30.3 Å². The topological polar surface area (TPSA) is 64.5 Å². The highest BCUT2D eigenvalue weighted by Crippen LogP contribution is 2.32. The number of esters is 1. The lowest BCUT2D eigenvalue weighted by molar-refractivity contribution is 0.0593. The fourth-order valence-corrected chi connectivity index (χ4v) is 3.16. The zero-order valence-corrected chi connectivity index (χ0v) is 16.7. The quantitative estimate of drug-likeness (QED) is 0.753. The van der Waals surface area contributed by atoms with Crippen LogP contribution >= 0.6 is 0 Å². The molecule has 1 aliphatic rings. The Morgan fingerprint density at radius 2 is 1.93 bits per heavy atom. The Balaban J connectivity index is 1.60. The summed E-state index contributed by atoms with van der Waals surface area (Å²) in [5.41, 5.74) is 2.30. The molecule has 27 heavy (non-hydrogen) atoms. The molecular weight excluding hydrogens is 342 g/mol. The van der Waals surface area contributed by atoms with Crippen LogP contribution in [0.1, 0.15) is 42.5 Å². The van der Waals surface area contributed by atoms with Gasteiger partial charge in [-0.2, -0.15) is 0 Å². The largest absolute Gasteiger partial charge is 0.493 e. The Bertz CT molecular complexity index is 824. The first-order chi connectivity index (χ1) is 12.8. The standard InChI is InChI=1S/C21H27N3O3/c1-14-10-17(19(25)26-5)23-20(22-14)24-11-15(12-24)13-27-18-9-7-6-8-16(18)21(2,3)4/h6-10,15H,11-13H2,1-5H3. The average molecular weight is 369 g/mol. The van der Waals surface area contributed by atoms with Gasteiger partial charge in [0.15, 0.2) is 5.69 Å². The molecule has 1 aromatic heterocycles. The van der Waals surface area contributed by atoms with Crippen molar-refractivity contribution >= 4 is 11.9 Å². The van der Waals surface area contributed by atoms with Crippen LogP contribution in [0.25, 0.3) is 0 Å². The summed E-state index contributed by atoms with van der Waals surface area (Å²) in [5.74, 6) is 1.48. The number of aryl methyl sites for hydroxylation is 1. The maximum absolute atomic E-state index is 11.7. The monoisotopic (exact) mass is 369 g/mol. The highest BCUT2D eigenvalue weighted by atomic mass is 16.5. The number of carbonyl (C=O) groups is 1. The minimum absolute atomic E-state index is 0.0436. The van der Waals surface area contributed by atoms with Crippen LogP contribution in [0.4, 0.5) is 5.95 Å². The molecule has 0 amide bonds. The van der Waals surface area contributed by atoms with E-state index < -0.39 is 5.97 Å². The number of nitrogens with zero attached hydrogens (tertiary/aromatic N) is 3. The zero-order valence-electron chi connectivity index (χ0n) is 16.7. The Kier molecular flexibility index (Phi) is 5.35. The molecule has 0 spiro atoms. The number of methoxy groups -OCH3 is 1. The minimum Gasteiger partial charge on any atom is -0.493 e. The molecule has 144 valence electrons. The molecule has 1 fully saturated rings. The van der Waals surface area contributed by atoms with Crippen LogP contribution < -0.4 is 9.64 Å². The molecule has 6 heteroatoms. The lowest BCUT2D eigenvalue weighted by atomic mass is 9.86. The van der Waals surface area contributed by atoms with E-state index in [1.165, 1.54) is 12.7 Å². The van der Waals surface area contributed by atoms with E-state index in [1.54, 1.807) is 6.07 Å². The predicted molar refractivity (Wildman–Crippen MR) is 104 cm³/mol. The van der Waals surface area contributed by atoms with Gasteiger partial charge in [-0.05, 0) is 30.0 Å². The van der Waals surface area contributed by atoms with Gasteiger partial charge in [0.25, 0.3) is 0 Å². The molecule has 0 bridgehead atoms. The Hall–Kier alpha value is -2.63. The van der Waals surface area contributed by atoms with Crippen molar-refractivity contribution in [2.45, 2.75) is 33.1 Å². The summed E-state index contributed by atoms with van der Waals surface area (Å²) in [6, 6.07) is 9.85. The number of carbonyl (C=O) groups excluding carboxylic acids is 1. The molecule has 1 aromatic carbocycles. The lowest BCUT2D eigenvalue weighted by Gasteiger charge is -2.39. The van der Waals surface area contributed by atoms with E-state index in [9.17, 15) is 4.79 Å². The van der Waals surface area contributed by atoms with Crippen molar-refractivity contribution in [2.24, 2.45) is 5.92 Å². The maximum Gasteiger partial charge on any atom is 0.356 e. The fourth-order valence-electron chi connectivity index (χ4n) is 3.16. The molecular formula is C21H27N3O3. The van der Waals surface area contributed by atoms with E-state index in [1.807, 2.05) is 25.1 Å². The van der Waals surface area contributed by atoms with E-state index in [4.69, 9.17) is 9.47 Å². The number of anilines is 1. The van der Waals surface area contributed by atoms with Gasteiger partial charge in [0.2, 0.25) is 5.95 Å². The summed E-state index contributed by atoms with van der Waals surface area (Å²) in [7, 11) is 1.35. The molecule has 2 aromatic rings. The second-order valence-corrected chi connectivity index (χ2v) is 8.01. The predicted octanol–water partition coefficient (Wildman–Crippen LogP) is 3.38. The SMILES string of the molecule is COC(=O)c1cc(C)nc(N2CC(COc3ccccc3C(C)(C)C)C2)n1. The Labute approximate surface area is 160 Å².